The molecule has 12 nitrogen and oxygen atoms in total. The lowest BCUT2D eigenvalue weighted by Gasteiger charge is -2.17. The van der Waals surface area contributed by atoms with E-state index in [0.717, 1.165) is 27.4 Å². The van der Waals surface area contributed by atoms with Gasteiger partial charge in [-0.15, -0.1) is 0 Å². The van der Waals surface area contributed by atoms with E-state index in [4.69, 9.17) is 0 Å². The van der Waals surface area contributed by atoms with E-state index < -0.39 is 34.1 Å². The van der Waals surface area contributed by atoms with Crippen molar-refractivity contribution in [2.45, 2.75) is 169 Å². The number of nitrogens with zero attached hydrogens (tertiary/aromatic N) is 6. The van der Waals surface area contributed by atoms with Crippen LogP contribution < -0.4 is 34.1 Å². The number of aromatic nitrogens is 6. The van der Waals surface area contributed by atoms with Crippen LogP contribution >= 0.6 is 97.6 Å². The molecule has 20 heteroatoms. The second-order valence-electron chi connectivity index (χ2n) is 14.6. The van der Waals surface area contributed by atoms with Gasteiger partial charge in [-0.05, 0) is 55.1 Å². The topological polar surface area (TPSA) is 132 Å². The summed E-state index contributed by atoms with van der Waals surface area (Å²) in [5.74, 6) is 2.82. The van der Waals surface area contributed by atoms with Crippen LogP contribution in [0, 0.1) is 0 Å². The average molecular weight is 948 g/mol. The molecular formula is C37H66N6O6S8. The second-order valence-corrected chi connectivity index (χ2v) is 23.8. The summed E-state index contributed by atoms with van der Waals surface area (Å²) in [7, 11) is 0. The van der Waals surface area contributed by atoms with Crippen molar-refractivity contribution in [1.29, 1.82) is 0 Å². The molecule has 0 bridgehead atoms. The Morgan fingerprint density at radius 3 is 0.649 bits per heavy atom. The summed E-state index contributed by atoms with van der Waals surface area (Å²) in [6.45, 7) is 16.7. The summed E-state index contributed by atoms with van der Waals surface area (Å²) in [4.78, 5) is 82.4. The molecule has 0 aromatic carbocycles. The molecule has 0 saturated heterocycles. The lowest BCUT2D eigenvalue weighted by atomic mass is 10.4. The van der Waals surface area contributed by atoms with Gasteiger partial charge in [-0.2, -0.15) is 97.6 Å². The third-order valence-electron chi connectivity index (χ3n) is 9.88. The first-order valence-electron chi connectivity index (χ1n) is 19.9. The SMILES string of the molecule is CC(S)C(C)SCCCn1c(=O)n(CCCSC(C)C(C)S)c(=O)n(CCCn2c(=O)n(CCCSC(C)C(C)S)c(=O)n(CCCSC(C)C(C)S)c2=O)c1=O. The highest BCUT2D eigenvalue weighted by Gasteiger charge is 2.20. The van der Waals surface area contributed by atoms with Crippen LogP contribution in [0.4, 0.5) is 0 Å². The van der Waals surface area contributed by atoms with E-state index in [1.54, 1.807) is 47.0 Å². The zero-order chi connectivity index (χ0) is 43.0. The van der Waals surface area contributed by atoms with E-state index in [1.165, 1.54) is 0 Å². The fraction of sp³-hybridized carbons (Fsp3) is 0.838. The summed E-state index contributed by atoms with van der Waals surface area (Å²) in [6, 6.07) is 0. The molecule has 2 heterocycles. The van der Waals surface area contributed by atoms with E-state index in [9.17, 15) is 28.8 Å². The molecule has 0 aliphatic rings. The van der Waals surface area contributed by atoms with Crippen LogP contribution in [0.1, 0.15) is 87.5 Å². The molecule has 0 fully saturated rings. The lowest BCUT2D eigenvalue weighted by Crippen LogP contribution is -2.55. The Morgan fingerprint density at radius 2 is 0.491 bits per heavy atom. The van der Waals surface area contributed by atoms with Crippen molar-refractivity contribution >= 4 is 97.6 Å². The standard InChI is InChI=1S/C37H66N6O6S8/c1-24(50)28(5)54-20-10-16-40-32(44)38(33(45)41(36(40)48)17-11-21-55-29(6)25(2)51)14-9-15-39-34(46)42(18-12-22-56-30(7)26(3)52)37(49)43(35(39)47)19-13-23-57-31(8)27(4)53/h24-31,50-53H,9-23H2,1-8H3. The van der Waals surface area contributed by atoms with Crippen LogP contribution in [0.25, 0.3) is 0 Å². The van der Waals surface area contributed by atoms with Crippen LogP contribution in [0.3, 0.4) is 0 Å². The van der Waals surface area contributed by atoms with Crippen LogP contribution in [0.15, 0.2) is 28.8 Å². The maximum Gasteiger partial charge on any atom is 0.336 e. The van der Waals surface area contributed by atoms with E-state index >= 15 is 0 Å². The van der Waals surface area contributed by atoms with Crippen LogP contribution in [-0.4, -0.2) is 92.4 Å². The van der Waals surface area contributed by atoms with Gasteiger partial charge < -0.3 is 0 Å². The minimum absolute atomic E-state index is 0.0709. The minimum atomic E-state index is -0.715. The average Bonchev–Trinajstić information content (AvgIpc) is 3.15. The maximum atomic E-state index is 13.8. The Kier molecular flexibility index (Phi) is 24.8. The Balaban J connectivity index is 2.45. The third-order valence-corrected chi connectivity index (χ3v) is 18.3. The van der Waals surface area contributed by atoms with Gasteiger partial charge in [0, 0.05) is 81.3 Å². The number of thiol groups is 4. The first-order chi connectivity index (χ1) is 26.8. The number of thioether (sulfide) groups is 4. The Hall–Kier alpha value is -0.380. The van der Waals surface area contributed by atoms with E-state index in [2.05, 4.69) is 78.2 Å². The van der Waals surface area contributed by atoms with Crippen molar-refractivity contribution in [3.05, 3.63) is 62.9 Å². The summed E-state index contributed by atoms with van der Waals surface area (Å²) < 4.78 is 6.59. The van der Waals surface area contributed by atoms with Gasteiger partial charge in [0.2, 0.25) is 0 Å². The van der Waals surface area contributed by atoms with Crippen LogP contribution in [0.5, 0.6) is 0 Å². The number of rotatable bonds is 28. The minimum Gasteiger partial charge on any atom is -0.247 e. The number of hydrogen-bond acceptors (Lipinski definition) is 14. The fourth-order valence-corrected chi connectivity index (χ4v) is 10.2. The molecule has 57 heavy (non-hydrogen) atoms. The lowest BCUT2D eigenvalue weighted by molar-refractivity contribution is 0.402. The quantitative estimate of drug-likeness (QED) is 0.0679. The largest absolute Gasteiger partial charge is 0.336 e. The van der Waals surface area contributed by atoms with Gasteiger partial charge >= 0.3 is 34.1 Å². The first kappa shape index (κ1) is 52.8. The Labute approximate surface area is 376 Å². The molecule has 2 rings (SSSR count). The van der Waals surface area contributed by atoms with Crippen molar-refractivity contribution in [2.75, 3.05) is 23.0 Å². The Bertz CT molecular complexity index is 1630. The molecule has 0 saturated carbocycles. The molecule has 0 amide bonds. The van der Waals surface area contributed by atoms with Crippen LogP contribution in [0.2, 0.25) is 0 Å². The van der Waals surface area contributed by atoms with E-state index in [1.807, 2.05) is 27.7 Å². The first-order valence-corrected chi connectivity index (χ1v) is 26.1. The molecule has 2 aromatic heterocycles. The maximum absolute atomic E-state index is 13.8. The van der Waals surface area contributed by atoms with Crippen molar-refractivity contribution in [2.24, 2.45) is 0 Å². The molecular weight excluding hydrogens is 881 g/mol. The highest BCUT2D eigenvalue weighted by molar-refractivity contribution is 8.01. The molecule has 2 aromatic rings. The van der Waals surface area contributed by atoms with Gasteiger partial charge in [0.05, 0.1) is 0 Å². The highest BCUT2D eigenvalue weighted by atomic mass is 32.2. The van der Waals surface area contributed by atoms with Crippen molar-refractivity contribution in [3.63, 3.8) is 0 Å². The molecule has 0 radical (unpaired) electrons. The smallest absolute Gasteiger partial charge is 0.247 e. The van der Waals surface area contributed by atoms with Crippen molar-refractivity contribution in [3.8, 4) is 0 Å². The van der Waals surface area contributed by atoms with E-state index in [-0.39, 0.29) is 87.7 Å². The van der Waals surface area contributed by atoms with Crippen LogP contribution in [-0.2, 0) is 39.3 Å². The molecule has 8 atom stereocenters. The summed E-state index contributed by atoms with van der Waals surface area (Å²) in [5.41, 5.74) is -4.13. The Morgan fingerprint density at radius 1 is 0.333 bits per heavy atom. The third kappa shape index (κ3) is 16.8. The monoisotopic (exact) mass is 946 g/mol. The van der Waals surface area contributed by atoms with Crippen molar-refractivity contribution < 1.29 is 0 Å². The molecule has 0 aliphatic carbocycles. The molecule has 0 spiro atoms. The molecule has 328 valence electrons. The zero-order valence-corrected chi connectivity index (χ0v) is 41.6. The van der Waals surface area contributed by atoms with Gasteiger partial charge in [-0.25, -0.2) is 56.2 Å². The van der Waals surface area contributed by atoms with Gasteiger partial charge in [-0.1, -0.05) is 55.4 Å². The van der Waals surface area contributed by atoms with Gasteiger partial charge in [0.15, 0.2) is 0 Å². The van der Waals surface area contributed by atoms with Crippen molar-refractivity contribution in [1.82, 2.24) is 27.4 Å². The fourth-order valence-electron chi connectivity index (χ4n) is 5.42. The van der Waals surface area contributed by atoms with Gasteiger partial charge in [0.1, 0.15) is 0 Å². The number of hydrogen-bond donors (Lipinski definition) is 4. The zero-order valence-electron chi connectivity index (χ0n) is 34.8. The molecule has 0 aliphatic heterocycles. The highest BCUT2D eigenvalue weighted by Crippen LogP contribution is 2.21. The van der Waals surface area contributed by atoms with Gasteiger partial charge in [0.25, 0.3) is 0 Å². The predicted molar refractivity (Wildman–Crippen MR) is 263 cm³/mol. The van der Waals surface area contributed by atoms with Gasteiger partial charge in [-0.3, -0.25) is 0 Å². The molecule has 8 unspecified atom stereocenters. The predicted octanol–water partition coefficient (Wildman–Crippen LogP) is 5.07. The van der Waals surface area contributed by atoms with E-state index in [0.29, 0.717) is 48.7 Å². The summed E-state index contributed by atoms with van der Waals surface area (Å²) in [6.07, 6.45) is 2.25. The normalized spacial score (nSPS) is 16.2. The summed E-state index contributed by atoms with van der Waals surface area (Å²) in [5, 5.41) is 1.87. The second kappa shape index (κ2) is 26.8. The summed E-state index contributed by atoms with van der Waals surface area (Å²) >= 11 is 24.9. The molecule has 0 N–H and O–H groups in total.